The van der Waals surface area contributed by atoms with Crippen LogP contribution in [0.2, 0.25) is 0 Å². The summed E-state index contributed by atoms with van der Waals surface area (Å²) in [6.45, 7) is 1.81. The Balaban J connectivity index is 1.08. The van der Waals surface area contributed by atoms with Gasteiger partial charge < -0.3 is 24.7 Å². The van der Waals surface area contributed by atoms with Gasteiger partial charge in [-0.05, 0) is 72.4 Å². The molecule has 0 unspecified atom stereocenters. The molecule has 0 saturated carbocycles. The third-order valence-electron chi connectivity index (χ3n) is 6.76. The highest BCUT2D eigenvalue weighted by Crippen LogP contribution is 2.29. The summed E-state index contributed by atoms with van der Waals surface area (Å²) in [5, 5.41) is 5.77. The Labute approximate surface area is 221 Å². The largest absolute Gasteiger partial charge is 0.481 e. The van der Waals surface area contributed by atoms with Gasteiger partial charge in [0.1, 0.15) is 5.65 Å². The standard InChI is InChI=1S/C29H30N6O3/c1-38-28-24(3-2-13-31-28)6-9-27(36)35-16-11-23(12-17-35)22-4-7-25(8-5-22)33-29(37)32-20-21-10-15-34-18-14-30-26(34)19-21/h2-10,13-15,18-19,23H,11-12,16-17,20H2,1H3,(H2,32,33,37). The van der Waals surface area contributed by atoms with Crippen molar-refractivity contribution in [3.05, 3.63) is 96.1 Å². The van der Waals surface area contributed by atoms with Gasteiger partial charge in [0.25, 0.3) is 0 Å². The molecule has 1 aliphatic rings. The zero-order valence-corrected chi connectivity index (χ0v) is 21.2. The lowest BCUT2D eigenvalue weighted by atomic mass is 9.89. The molecule has 0 radical (unpaired) electrons. The van der Waals surface area contributed by atoms with E-state index in [0.717, 1.165) is 35.3 Å². The van der Waals surface area contributed by atoms with Crippen LogP contribution in [0.1, 0.15) is 35.4 Å². The van der Waals surface area contributed by atoms with Crippen molar-refractivity contribution in [2.45, 2.75) is 25.3 Å². The number of piperidine rings is 1. The molecule has 1 aromatic carbocycles. The molecule has 2 N–H and O–H groups in total. The Morgan fingerprint density at radius 3 is 2.66 bits per heavy atom. The maximum atomic E-state index is 12.7. The van der Waals surface area contributed by atoms with Gasteiger partial charge in [-0.15, -0.1) is 0 Å². The number of nitrogens with zero attached hydrogens (tertiary/aromatic N) is 4. The number of urea groups is 1. The highest BCUT2D eigenvalue weighted by atomic mass is 16.5. The minimum atomic E-state index is -0.259. The Morgan fingerprint density at radius 1 is 1.05 bits per heavy atom. The fourth-order valence-corrected chi connectivity index (χ4v) is 4.66. The Hall–Kier alpha value is -4.66. The SMILES string of the molecule is COc1ncccc1C=CC(=O)N1CCC(c2ccc(NC(=O)NCc3ccn4ccnc4c3)cc2)CC1. The number of amides is 3. The molecule has 194 valence electrons. The van der Waals surface area contributed by atoms with Crippen molar-refractivity contribution >= 4 is 29.3 Å². The van der Waals surface area contributed by atoms with E-state index >= 15 is 0 Å². The van der Waals surface area contributed by atoms with Crippen molar-refractivity contribution < 1.29 is 14.3 Å². The van der Waals surface area contributed by atoms with Gasteiger partial charge in [0.2, 0.25) is 11.8 Å². The van der Waals surface area contributed by atoms with Gasteiger partial charge >= 0.3 is 6.03 Å². The van der Waals surface area contributed by atoms with Crippen LogP contribution in [0.5, 0.6) is 5.88 Å². The lowest BCUT2D eigenvalue weighted by Gasteiger charge is -2.31. The number of hydrogen-bond acceptors (Lipinski definition) is 5. The van der Waals surface area contributed by atoms with Gasteiger partial charge in [0, 0.05) is 61.7 Å². The molecule has 0 spiro atoms. The average Bonchev–Trinajstić information content (AvgIpc) is 3.43. The second kappa shape index (κ2) is 11.6. The number of hydrogen-bond donors (Lipinski definition) is 2. The van der Waals surface area contributed by atoms with E-state index in [1.165, 1.54) is 5.56 Å². The Morgan fingerprint density at radius 2 is 1.87 bits per heavy atom. The van der Waals surface area contributed by atoms with Crippen LogP contribution in [-0.4, -0.2) is 51.4 Å². The van der Waals surface area contributed by atoms with Crippen LogP contribution in [0.3, 0.4) is 0 Å². The third kappa shape index (κ3) is 6.00. The first-order valence-electron chi connectivity index (χ1n) is 12.6. The second-order valence-electron chi connectivity index (χ2n) is 9.19. The third-order valence-corrected chi connectivity index (χ3v) is 6.76. The highest BCUT2D eigenvalue weighted by molar-refractivity contribution is 5.92. The summed E-state index contributed by atoms with van der Waals surface area (Å²) in [4.78, 5) is 35.3. The van der Waals surface area contributed by atoms with Crippen LogP contribution < -0.4 is 15.4 Å². The molecule has 38 heavy (non-hydrogen) atoms. The topological polar surface area (TPSA) is 101 Å². The Kier molecular flexibility index (Phi) is 7.63. The van der Waals surface area contributed by atoms with Gasteiger partial charge in [-0.1, -0.05) is 12.1 Å². The van der Waals surface area contributed by atoms with Crippen LogP contribution in [0.4, 0.5) is 10.5 Å². The van der Waals surface area contributed by atoms with Crippen LogP contribution in [0.25, 0.3) is 11.7 Å². The smallest absolute Gasteiger partial charge is 0.319 e. The summed E-state index contributed by atoms with van der Waals surface area (Å²) in [5.74, 6) is 0.865. The summed E-state index contributed by atoms with van der Waals surface area (Å²) in [6.07, 6.45) is 12.3. The monoisotopic (exact) mass is 510 g/mol. The highest BCUT2D eigenvalue weighted by Gasteiger charge is 2.22. The number of aromatic nitrogens is 3. The van der Waals surface area contributed by atoms with Crippen molar-refractivity contribution in [1.29, 1.82) is 0 Å². The minimum absolute atomic E-state index is 0.00961. The molecule has 9 heteroatoms. The van der Waals surface area contributed by atoms with Crippen LogP contribution in [0, 0.1) is 0 Å². The first kappa shape index (κ1) is 25.0. The van der Waals surface area contributed by atoms with Crippen molar-refractivity contribution in [2.75, 3.05) is 25.5 Å². The van der Waals surface area contributed by atoms with E-state index in [2.05, 4.69) is 32.7 Å². The number of carbonyl (C=O) groups excluding carboxylic acids is 2. The normalized spacial score (nSPS) is 14.1. The van der Waals surface area contributed by atoms with E-state index in [1.54, 1.807) is 31.7 Å². The molecular formula is C29H30N6O3. The molecule has 1 aliphatic heterocycles. The zero-order valence-electron chi connectivity index (χ0n) is 21.2. The van der Waals surface area contributed by atoms with Crippen molar-refractivity contribution in [1.82, 2.24) is 24.6 Å². The van der Waals surface area contributed by atoms with Crippen LogP contribution >= 0.6 is 0 Å². The van der Waals surface area contributed by atoms with Crippen molar-refractivity contribution in [3.8, 4) is 5.88 Å². The maximum Gasteiger partial charge on any atom is 0.319 e. The second-order valence-corrected chi connectivity index (χ2v) is 9.19. The molecule has 4 aromatic rings. The van der Waals surface area contributed by atoms with Crippen LogP contribution in [0.15, 0.2) is 79.4 Å². The maximum absolute atomic E-state index is 12.7. The van der Waals surface area contributed by atoms with Crippen molar-refractivity contribution in [2.24, 2.45) is 0 Å². The molecule has 0 bridgehead atoms. The van der Waals surface area contributed by atoms with Gasteiger partial charge in [-0.3, -0.25) is 4.79 Å². The number of imidazole rings is 1. The molecule has 9 nitrogen and oxygen atoms in total. The molecule has 4 heterocycles. The van der Waals surface area contributed by atoms with Gasteiger partial charge in [-0.25, -0.2) is 14.8 Å². The number of benzene rings is 1. The predicted molar refractivity (Wildman–Crippen MR) is 146 cm³/mol. The number of likely N-dealkylation sites (tertiary alicyclic amines) is 1. The summed E-state index contributed by atoms with van der Waals surface area (Å²) in [6, 6.07) is 15.3. The molecule has 0 atom stereocenters. The zero-order chi connectivity index (χ0) is 26.3. The van der Waals surface area contributed by atoms with Crippen LogP contribution in [-0.2, 0) is 11.3 Å². The predicted octanol–water partition coefficient (Wildman–Crippen LogP) is 4.48. The average molecular weight is 511 g/mol. The number of ether oxygens (including phenoxy) is 1. The van der Waals surface area contributed by atoms with E-state index in [-0.39, 0.29) is 11.9 Å². The summed E-state index contributed by atoms with van der Waals surface area (Å²) >= 11 is 0. The number of nitrogens with one attached hydrogen (secondary N) is 2. The quantitative estimate of drug-likeness (QED) is 0.357. The number of methoxy groups -OCH3 is 1. The lowest BCUT2D eigenvalue weighted by molar-refractivity contribution is -0.126. The van der Waals surface area contributed by atoms with E-state index in [4.69, 9.17) is 4.74 Å². The number of rotatable bonds is 7. The van der Waals surface area contributed by atoms with E-state index < -0.39 is 0 Å². The summed E-state index contributed by atoms with van der Waals surface area (Å²) in [7, 11) is 1.56. The summed E-state index contributed by atoms with van der Waals surface area (Å²) < 4.78 is 7.16. The lowest BCUT2D eigenvalue weighted by Crippen LogP contribution is -2.36. The number of pyridine rings is 2. The van der Waals surface area contributed by atoms with Gasteiger partial charge in [-0.2, -0.15) is 0 Å². The first-order valence-corrected chi connectivity index (χ1v) is 12.6. The molecule has 3 amide bonds. The fourth-order valence-electron chi connectivity index (χ4n) is 4.66. The molecule has 5 rings (SSSR count). The van der Waals surface area contributed by atoms with E-state index in [1.807, 2.05) is 58.1 Å². The molecule has 1 saturated heterocycles. The molecular weight excluding hydrogens is 480 g/mol. The molecule has 3 aromatic heterocycles. The number of anilines is 1. The van der Waals surface area contributed by atoms with Gasteiger partial charge in [0.15, 0.2) is 0 Å². The number of fused-ring (bicyclic) bond motifs is 1. The van der Waals surface area contributed by atoms with Crippen molar-refractivity contribution in [3.63, 3.8) is 0 Å². The summed E-state index contributed by atoms with van der Waals surface area (Å²) in [5.41, 5.74) is 4.55. The Bertz CT molecular complexity index is 1440. The van der Waals surface area contributed by atoms with E-state index in [0.29, 0.717) is 31.4 Å². The van der Waals surface area contributed by atoms with Gasteiger partial charge in [0.05, 0.1) is 7.11 Å². The fraction of sp³-hybridized carbons (Fsp3) is 0.241. The minimum Gasteiger partial charge on any atom is -0.481 e. The first-order chi connectivity index (χ1) is 18.6. The molecule has 1 fully saturated rings. The molecule has 0 aliphatic carbocycles. The number of carbonyl (C=O) groups is 2. The van der Waals surface area contributed by atoms with E-state index in [9.17, 15) is 9.59 Å².